The Labute approximate surface area is 119 Å². The van der Waals surface area contributed by atoms with Crippen LogP contribution < -0.4 is 10.1 Å². The van der Waals surface area contributed by atoms with Crippen molar-refractivity contribution in [2.75, 3.05) is 6.54 Å². The zero-order chi connectivity index (χ0) is 14.4. The van der Waals surface area contributed by atoms with Crippen LogP contribution in [0, 0.1) is 12.7 Å². The predicted molar refractivity (Wildman–Crippen MR) is 79.7 cm³/mol. The molecule has 0 unspecified atom stereocenters. The second-order valence-electron chi connectivity index (χ2n) is 4.81. The number of rotatable bonds is 6. The molecule has 0 fully saturated rings. The van der Waals surface area contributed by atoms with Crippen molar-refractivity contribution in [3.05, 3.63) is 59.4 Å². The highest BCUT2D eigenvalue weighted by Crippen LogP contribution is 2.27. The molecule has 0 aromatic heterocycles. The van der Waals surface area contributed by atoms with Crippen LogP contribution in [0.2, 0.25) is 0 Å². The van der Waals surface area contributed by atoms with Gasteiger partial charge in [-0.2, -0.15) is 0 Å². The SMILES string of the molecule is CCCNCc1ccc(C)c(Oc2ccccc2F)c1. The van der Waals surface area contributed by atoms with Crippen molar-refractivity contribution >= 4 is 0 Å². The number of para-hydroxylation sites is 1. The van der Waals surface area contributed by atoms with Crippen LogP contribution in [-0.4, -0.2) is 6.54 Å². The monoisotopic (exact) mass is 273 g/mol. The summed E-state index contributed by atoms with van der Waals surface area (Å²) < 4.78 is 19.3. The van der Waals surface area contributed by atoms with Gasteiger partial charge in [0.1, 0.15) is 5.75 Å². The molecule has 106 valence electrons. The minimum absolute atomic E-state index is 0.259. The van der Waals surface area contributed by atoms with Crippen LogP contribution in [0.3, 0.4) is 0 Å². The van der Waals surface area contributed by atoms with Crippen molar-refractivity contribution in [1.29, 1.82) is 0 Å². The van der Waals surface area contributed by atoms with Gasteiger partial charge in [-0.3, -0.25) is 0 Å². The Hall–Kier alpha value is -1.87. The molecule has 2 aromatic carbocycles. The molecule has 2 nitrogen and oxygen atoms in total. The van der Waals surface area contributed by atoms with Crippen molar-refractivity contribution in [1.82, 2.24) is 5.32 Å². The van der Waals surface area contributed by atoms with Crippen LogP contribution in [-0.2, 0) is 6.54 Å². The molecule has 2 rings (SSSR count). The highest BCUT2D eigenvalue weighted by atomic mass is 19.1. The highest BCUT2D eigenvalue weighted by molar-refractivity contribution is 5.40. The van der Waals surface area contributed by atoms with E-state index < -0.39 is 0 Å². The maximum atomic E-state index is 13.6. The zero-order valence-electron chi connectivity index (χ0n) is 11.9. The Morgan fingerprint density at radius 2 is 1.90 bits per heavy atom. The second-order valence-corrected chi connectivity index (χ2v) is 4.81. The molecule has 20 heavy (non-hydrogen) atoms. The molecule has 0 amide bonds. The average molecular weight is 273 g/mol. The number of hydrogen-bond acceptors (Lipinski definition) is 2. The van der Waals surface area contributed by atoms with Gasteiger partial charge in [-0.15, -0.1) is 0 Å². The molecule has 0 saturated carbocycles. The lowest BCUT2D eigenvalue weighted by Gasteiger charge is -2.11. The van der Waals surface area contributed by atoms with Crippen molar-refractivity contribution in [2.24, 2.45) is 0 Å². The average Bonchev–Trinajstić information content (AvgIpc) is 2.45. The second kappa shape index (κ2) is 7.06. The number of halogens is 1. The summed E-state index contributed by atoms with van der Waals surface area (Å²) >= 11 is 0. The number of ether oxygens (including phenoxy) is 1. The summed E-state index contributed by atoms with van der Waals surface area (Å²) in [6.07, 6.45) is 1.10. The van der Waals surface area contributed by atoms with E-state index in [1.165, 1.54) is 6.07 Å². The highest BCUT2D eigenvalue weighted by Gasteiger charge is 2.07. The van der Waals surface area contributed by atoms with Crippen LogP contribution in [0.4, 0.5) is 4.39 Å². The van der Waals surface area contributed by atoms with Crippen molar-refractivity contribution in [3.8, 4) is 11.5 Å². The van der Waals surface area contributed by atoms with Gasteiger partial charge in [0, 0.05) is 6.54 Å². The van der Waals surface area contributed by atoms with E-state index >= 15 is 0 Å². The lowest BCUT2D eigenvalue weighted by molar-refractivity contribution is 0.439. The summed E-state index contributed by atoms with van der Waals surface area (Å²) in [7, 11) is 0. The molecule has 0 atom stereocenters. The van der Waals surface area contributed by atoms with Crippen LogP contribution in [0.5, 0.6) is 11.5 Å². The number of nitrogens with one attached hydrogen (secondary N) is 1. The van der Waals surface area contributed by atoms with Crippen LogP contribution in [0.1, 0.15) is 24.5 Å². The van der Waals surface area contributed by atoms with Gasteiger partial charge in [0.2, 0.25) is 0 Å². The van der Waals surface area contributed by atoms with Gasteiger partial charge in [0.05, 0.1) is 0 Å². The fraction of sp³-hybridized carbons (Fsp3) is 0.294. The molecule has 2 aromatic rings. The Morgan fingerprint density at radius 1 is 1.10 bits per heavy atom. The summed E-state index contributed by atoms with van der Waals surface area (Å²) in [5.74, 6) is 0.613. The summed E-state index contributed by atoms with van der Waals surface area (Å²) in [4.78, 5) is 0. The Kier molecular flexibility index (Phi) is 5.13. The smallest absolute Gasteiger partial charge is 0.165 e. The fourth-order valence-corrected chi connectivity index (χ4v) is 1.92. The van der Waals surface area contributed by atoms with E-state index in [0.717, 1.165) is 30.6 Å². The molecule has 0 aliphatic rings. The van der Waals surface area contributed by atoms with Crippen LogP contribution in [0.15, 0.2) is 42.5 Å². The first-order valence-corrected chi connectivity index (χ1v) is 6.93. The van der Waals surface area contributed by atoms with Gasteiger partial charge in [-0.25, -0.2) is 4.39 Å². The molecular weight excluding hydrogens is 253 g/mol. The van der Waals surface area contributed by atoms with E-state index in [1.807, 2.05) is 19.1 Å². The quantitative estimate of drug-likeness (QED) is 0.786. The third kappa shape index (κ3) is 3.81. The molecule has 0 aliphatic carbocycles. The molecule has 0 aliphatic heterocycles. The molecule has 0 saturated heterocycles. The Morgan fingerprint density at radius 3 is 2.65 bits per heavy atom. The number of benzene rings is 2. The normalized spacial score (nSPS) is 10.6. The van der Waals surface area contributed by atoms with Crippen molar-refractivity contribution in [3.63, 3.8) is 0 Å². The lowest BCUT2D eigenvalue weighted by atomic mass is 10.1. The standard InChI is InChI=1S/C17H20FNO/c1-3-10-19-12-14-9-8-13(2)17(11-14)20-16-7-5-4-6-15(16)18/h4-9,11,19H,3,10,12H2,1-2H3. The minimum atomic E-state index is -0.346. The first-order valence-electron chi connectivity index (χ1n) is 6.93. The van der Waals surface area contributed by atoms with E-state index in [9.17, 15) is 4.39 Å². The van der Waals surface area contributed by atoms with Gasteiger partial charge >= 0.3 is 0 Å². The third-order valence-corrected chi connectivity index (χ3v) is 3.07. The van der Waals surface area contributed by atoms with E-state index in [-0.39, 0.29) is 11.6 Å². The van der Waals surface area contributed by atoms with Crippen LogP contribution in [0.25, 0.3) is 0 Å². The Balaban J connectivity index is 2.14. The summed E-state index contributed by atoms with van der Waals surface area (Å²) in [5, 5.41) is 3.34. The molecule has 3 heteroatoms. The first-order chi connectivity index (χ1) is 9.70. The van der Waals surface area contributed by atoms with Crippen molar-refractivity contribution < 1.29 is 9.13 Å². The first kappa shape index (κ1) is 14.5. The molecule has 0 radical (unpaired) electrons. The maximum absolute atomic E-state index is 13.6. The summed E-state index contributed by atoms with van der Waals surface area (Å²) in [6, 6.07) is 12.5. The van der Waals surface area contributed by atoms with E-state index in [2.05, 4.69) is 18.3 Å². The molecule has 1 N–H and O–H groups in total. The van der Waals surface area contributed by atoms with Gasteiger partial charge in [-0.05, 0) is 49.2 Å². The zero-order valence-corrected chi connectivity index (χ0v) is 11.9. The van der Waals surface area contributed by atoms with Gasteiger partial charge in [0.25, 0.3) is 0 Å². The molecular formula is C17H20FNO. The van der Waals surface area contributed by atoms with Gasteiger partial charge < -0.3 is 10.1 Å². The van der Waals surface area contributed by atoms with E-state index in [4.69, 9.17) is 4.74 Å². The van der Waals surface area contributed by atoms with Crippen LogP contribution >= 0.6 is 0 Å². The maximum Gasteiger partial charge on any atom is 0.165 e. The van der Waals surface area contributed by atoms with Gasteiger partial charge in [-0.1, -0.05) is 31.2 Å². The summed E-state index contributed by atoms with van der Waals surface area (Å²) in [6.45, 7) is 5.87. The number of aryl methyl sites for hydroxylation is 1. The molecule has 0 spiro atoms. The third-order valence-electron chi connectivity index (χ3n) is 3.07. The Bertz CT molecular complexity index is 569. The molecule has 0 heterocycles. The summed E-state index contributed by atoms with van der Waals surface area (Å²) in [5.41, 5.74) is 2.13. The lowest BCUT2D eigenvalue weighted by Crippen LogP contribution is -2.13. The van der Waals surface area contributed by atoms with Gasteiger partial charge in [0.15, 0.2) is 11.6 Å². The predicted octanol–water partition coefficient (Wildman–Crippen LogP) is 4.43. The molecule has 0 bridgehead atoms. The fourth-order valence-electron chi connectivity index (χ4n) is 1.92. The topological polar surface area (TPSA) is 21.3 Å². The number of hydrogen-bond donors (Lipinski definition) is 1. The van der Waals surface area contributed by atoms with E-state index in [1.54, 1.807) is 18.2 Å². The largest absolute Gasteiger partial charge is 0.454 e. The minimum Gasteiger partial charge on any atom is -0.454 e. The van der Waals surface area contributed by atoms with E-state index in [0.29, 0.717) is 5.75 Å². The van der Waals surface area contributed by atoms with Crippen molar-refractivity contribution in [2.45, 2.75) is 26.8 Å².